The molecule has 3 heterocycles. The molecular weight excluding hydrogens is 380 g/mol. The minimum atomic E-state index is -0.524. The average Bonchev–Trinajstić information content (AvgIpc) is 3.16. The zero-order chi connectivity index (χ0) is 20.7. The Labute approximate surface area is 175 Å². The molecule has 30 heavy (non-hydrogen) atoms. The summed E-state index contributed by atoms with van der Waals surface area (Å²) >= 11 is 0. The van der Waals surface area contributed by atoms with Crippen LogP contribution in [0.1, 0.15) is 36.0 Å². The Morgan fingerprint density at radius 1 is 0.967 bits per heavy atom. The number of nitrogens with zero attached hydrogens (tertiary/aromatic N) is 2. The molecule has 6 heteroatoms. The van der Waals surface area contributed by atoms with Crippen LogP contribution in [0.15, 0.2) is 54.6 Å². The fourth-order valence-corrected chi connectivity index (χ4v) is 4.85. The van der Waals surface area contributed by atoms with E-state index in [1.807, 2.05) is 53.4 Å². The number of carbonyl (C=O) groups is 3. The summed E-state index contributed by atoms with van der Waals surface area (Å²) in [6, 6.07) is 16.9. The molecule has 0 bridgehead atoms. The van der Waals surface area contributed by atoms with E-state index < -0.39 is 5.60 Å². The van der Waals surface area contributed by atoms with E-state index >= 15 is 0 Å². The second-order valence-electron chi connectivity index (χ2n) is 8.45. The maximum atomic E-state index is 13.1. The Morgan fingerprint density at radius 2 is 1.67 bits per heavy atom. The third-order valence-corrected chi connectivity index (χ3v) is 6.53. The number of amides is 2. The molecule has 1 spiro atoms. The predicted octanol–water partition coefficient (Wildman–Crippen LogP) is 3.07. The molecule has 1 atom stereocenters. The Balaban J connectivity index is 1.24. The van der Waals surface area contributed by atoms with Gasteiger partial charge in [-0.05, 0) is 24.3 Å². The number of likely N-dealkylation sites (tertiary alicyclic amines) is 1. The number of rotatable bonds is 2. The number of hydrogen-bond acceptors (Lipinski definition) is 4. The van der Waals surface area contributed by atoms with Crippen LogP contribution >= 0.6 is 0 Å². The molecule has 0 saturated carbocycles. The number of anilines is 1. The van der Waals surface area contributed by atoms with Crippen molar-refractivity contribution in [3.63, 3.8) is 0 Å². The quantitative estimate of drug-likeness (QED) is 0.772. The average molecular weight is 404 g/mol. The Kier molecular flexibility index (Phi) is 4.57. The number of carbonyl (C=O) groups excluding carboxylic acids is 3. The van der Waals surface area contributed by atoms with Gasteiger partial charge in [-0.25, -0.2) is 0 Å². The lowest BCUT2D eigenvalue weighted by molar-refractivity contribution is -0.139. The molecule has 0 radical (unpaired) electrons. The Hall–Kier alpha value is -3.15. The van der Waals surface area contributed by atoms with Gasteiger partial charge < -0.3 is 14.5 Å². The van der Waals surface area contributed by atoms with Crippen molar-refractivity contribution in [3.8, 4) is 5.75 Å². The molecule has 2 aromatic rings. The predicted molar refractivity (Wildman–Crippen MR) is 111 cm³/mol. The van der Waals surface area contributed by atoms with Crippen molar-refractivity contribution in [2.45, 2.75) is 31.3 Å². The van der Waals surface area contributed by atoms with Gasteiger partial charge in [0.2, 0.25) is 11.8 Å². The lowest BCUT2D eigenvalue weighted by Gasteiger charge is -2.44. The van der Waals surface area contributed by atoms with Gasteiger partial charge in [0.25, 0.3) is 0 Å². The smallest absolute Gasteiger partial charge is 0.228 e. The summed E-state index contributed by atoms with van der Waals surface area (Å²) < 4.78 is 6.26. The number of benzene rings is 2. The van der Waals surface area contributed by atoms with E-state index in [2.05, 4.69) is 0 Å². The highest BCUT2D eigenvalue weighted by atomic mass is 16.5. The van der Waals surface area contributed by atoms with E-state index in [1.165, 1.54) is 0 Å². The van der Waals surface area contributed by atoms with Crippen LogP contribution in [0.2, 0.25) is 0 Å². The van der Waals surface area contributed by atoms with E-state index in [4.69, 9.17) is 4.74 Å². The van der Waals surface area contributed by atoms with Crippen LogP contribution in [-0.4, -0.2) is 47.7 Å². The summed E-state index contributed by atoms with van der Waals surface area (Å²) in [7, 11) is 0. The zero-order valence-electron chi connectivity index (χ0n) is 16.8. The first kappa shape index (κ1) is 18.9. The summed E-state index contributed by atoms with van der Waals surface area (Å²) in [4.78, 5) is 41.7. The van der Waals surface area contributed by atoms with Crippen LogP contribution in [0.3, 0.4) is 0 Å². The number of ether oxygens (including phenoxy) is 1. The van der Waals surface area contributed by atoms with Gasteiger partial charge in [0.1, 0.15) is 11.4 Å². The summed E-state index contributed by atoms with van der Waals surface area (Å²) in [6.07, 6.45) is 1.86. The first-order valence-corrected chi connectivity index (χ1v) is 10.5. The van der Waals surface area contributed by atoms with Crippen molar-refractivity contribution >= 4 is 23.3 Å². The van der Waals surface area contributed by atoms with Gasteiger partial charge in [-0.1, -0.05) is 30.3 Å². The molecule has 154 valence electrons. The van der Waals surface area contributed by atoms with Crippen molar-refractivity contribution in [1.29, 1.82) is 0 Å². The minimum Gasteiger partial charge on any atom is -0.486 e. The highest BCUT2D eigenvalue weighted by Crippen LogP contribution is 2.39. The SMILES string of the molecule is O=C1CC2(CCN(C(=O)[C@H]3CC(=O)N(c4ccccc4)C3)CC2)Oc2ccccc21. The first-order chi connectivity index (χ1) is 14.5. The van der Waals surface area contributed by atoms with E-state index in [1.54, 1.807) is 11.0 Å². The van der Waals surface area contributed by atoms with E-state index in [-0.39, 0.29) is 29.9 Å². The Morgan fingerprint density at radius 3 is 2.43 bits per heavy atom. The van der Waals surface area contributed by atoms with Crippen LogP contribution in [0.4, 0.5) is 5.69 Å². The molecule has 2 fully saturated rings. The largest absolute Gasteiger partial charge is 0.486 e. The Bertz CT molecular complexity index is 995. The van der Waals surface area contributed by atoms with Gasteiger partial charge in [-0.3, -0.25) is 14.4 Å². The molecule has 0 aliphatic carbocycles. The van der Waals surface area contributed by atoms with E-state index in [9.17, 15) is 14.4 Å². The minimum absolute atomic E-state index is 0.00847. The number of fused-ring (bicyclic) bond motifs is 1. The molecule has 2 amide bonds. The maximum absolute atomic E-state index is 13.1. The molecule has 0 aromatic heterocycles. The maximum Gasteiger partial charge on any atom is 0.228 e. The van der Waals surface area contributed by atoms with Crippen LogP contribution in [0, 0.1) is 5.92 Å². The van der Waals surface area contributed by atoms with Gasteiger partial charge in [0, 0.05) is 44.6 Å². The molecule has 3 aliphatic rings. The fourth-order valence-electron chi connectivity index (χ4n) is 4.85. The van der Waals surface area contributed by atoms with Gasteiger partial charge >= 0.3 is 0 Å². The van der Waals surface area contributed by atoms with E-state index in [0.717, 1.165) is 5.69 Å². The molecule has 6 nitrogen and oxygen atoms in total. The number of para-hydroxylation sites is 2. The van der Waals surface area contributed by atoms with Crippen molar-refractivity contribution in [1.82, 2.24) is 4.90 Å². The van der Waals surface area contributed by atoms with Gasteiger partial charge in [-0.2, -0.15) is 0 Å². The van der Waals surface area contributed by atoms with Gasteiger partial charge in [0.05, 0.1) is 17.9 Å². The molecule has 3 aliphatic heterocycles. The molecule has 0 N–H and O–H groups in total. The normalized spacial score (nSPS) is 22.7. The number of ketones is 1. The van der Waals surface area contributed by atoms with Gasteiger partial charge in [-0.15, -0.1) is 0 Å². The van der Waals surface area contributed by atoms with Gasteiger partial charge in [0.15, 0.2) is 5.78 Å². The van der Waals surface area contributed by atoms with E-state index in [0.29, 0.717) is 50.2 Å². The van der Waals surface area contributed by atoms with Crippen molar-refractivity contribution in [3.05, 3.63) is 60.2 Å². The number of piperidine rings is 1. The van der Waals surface area contributed by atoms with Crippen LogP contribution < -0.4 is 9.64 Å². The lowest BCUT2D eigenvalue weighted by Crippen LogP contribution is -2.53. The lowest BCUT2D eigenvalue weighted by atomic mass is 9.82. The second kappa shape index (κ2) is 7.27. The van der Waals surface area contributed by atoms with Crippen LogP contribution in [-0.2, 0) is 9.59 Å². The monoisotopic (exact) mass is 404 g/mol. The fraction of sp³-hybridized carbons (Fsp3) is 0.375. The third-order valence-electron chi connectivity index (χ3n) is 6.53. The first-order valence-electron chi connectivity index (χ1n) is 10.5. The van der Waals surface area contributed by atoms with Crippen LogP contribution in [0.25, 0.3) is 0 Å². The zero-order valence-corrected chi connectivity index (χ0v) is 16.8. The number of hydrogen-bond donors (Lipinski definition) is 0. The standard InChI is InChI=1S/C24H24N2O4/c27-20-15-24(30-21-9-5-4-8-19(20)21)10-12-25(13-11-24)23(29)17-14-22(28)26(16-17)18-6-2-1-3-7-18/h1-9,17H,10-16H2/t17-/m0/s1. The molecular formula is C24H24N2O4. The molecule has 2 saturated heterocycles. The van der Waals surface area contributed by atoms with Crippen molar-refractivity contribution in [2.24, 2.45) is 5.92 Å². The topological polar surface area (TPSA) is 66.9 Å². The summed E-state index contributed by atoms with van der Waals surface area (Å²) in [5.41, 5.74) is 0.958. The van der Waals surface area contributed by atoms with Crippen molar-refractivity contribution in [2.75, 3.05) is 24.5 Å². The summed E-state index contributed by atoms with van der Waals surface area (Å²) in [6.45, 7) is 1.51. The third kappa shape index (κ3) is 3.26. The number of Topliss-reactive ketones (excluding diaryl/α,β-unsaturated/α-hetero) is 1. The molecule has 0 unspecified atom stereocenters. The highest BCUT2D eigenvalue weighted by molar-refractivity contribution is 6.01. The molecule has 2 aromatic carbocycles. The van der Waals surface area contributed by atoms with Crippen LogP contribution in [0.5, 0.6) is 5.75 Å². The summed E-state index contributed by atoms with van der Waals surface area (Å²) in [5.74, 6) is 0.455. The van der Waals surface area contributed by atoms with Crippen molar-refractivity contribution < 1.29 is 19.1 Å². The summed E-state index contributed by atoms with van der Waals surface area (Å²) in [5, 5.41) is 0. The highest BCUT2D eigenvalue weighted by Gasteiger charge is 2.45. The molecule has 5 rings (SSSR count). The second-order valence-corrected chi connectivity index (χ2v) is 8.45.